The lowest BCUT2D eigenvalue weighted by atomic mass is 9.88. The molecule has 0 aliphatic heterocycles. The Balaban J connectivity index is 1.47. The van der Waals surface area contributed by atoms with E-state index in [0.29, 0.717) is 16.4 Å². The van der Waals surface area contributed by atoms with E-state index in [0.717, 1.165) is 29.7 Å². The van der Waals surface area contributed by atoms with Crippen LogP contribution in [0.2, 0.25) is 0 Å². The zero-order chi connectivity index (χ0) is 20.6. The van der Waals surface area contributed by atoms with Crippen LogP contribution in [0.1, 0.15) is 43.7 Å². The van der Waals surface area contributed by atoms with Crippen LogP contribution in [0.4, 0.5) is 5.13 Å². The minimum absolute atomic E-state index is 0.118. The van der Waals surface area contributed by atoms with Crippen LogP contribution in [0.25, 0.3) is 10.1 Å². The number of thiazole rings is 1. The van der Waals surface area contributed by atoms with Crippen molar-refractivity contribution in [2.75, 3.05) is 5.32 Å². The summed E-state index contributed by atoms with van der Waals surface area (Å²) in [6.45, 7) is 3.52. The van der Waals surface area contributed by atoms with Crippen molar-refractivity contribution < 1.29 is 9.90 Å². The maximum absolute atomic E-state index is 12.7. The first kappa shape index (κ1) is 20.3. The van der Waals surface area contributed by atoms with Gasteiger partial charge < -0.3 is 9.67 Å². The van der Waals surface area contributed by atoms with Crippen molar-refractivity contribution in [3.8, 4) is 0 Å². The fraction of sp³-hybridized carbons (Fsp3) is 0.476. The summed E-state index contributed by atoms with van der Waals surface area (Å²) in [4.78, 5) is 31.1. The molecule has 0 unspecified atom stereocenters. The number of pyridine rings is 1. The third-order valence-electron chi connectivity index (χ3n) is 5.52. The molecule has 2 atom stereocenters. The number of hydrogen-bond acceptors (Lipinski definition) is 6. The standard InChI is InChI=1S/C21H25N3O3S2/c1-3-4-13-5-6-15-17(11-13)29-20(22-15)23-19(26)21(2,27)12-24-9-7-16-14(18(24)25)8-10-28-16/h7-10,13,27H,3-6,11-12H2,1-2H3,(H,22,23,26)/t13-,21+/m0/s1. The van der Waals surface area contributed by atoms with Gasteiger partial charge in [-0.25, -0.2) is 4.98 Å². The van der Waals surface area contributed by atoms with Crippen LogP contribution in [0.15, 0.2) is 28.5 Å². The van der Waals surface area contributed by atoms with Crippen molar-refractivity contribution in [1.29, 1.82) is 0 Å². The molecule has 0 radical (unpaired) electrons. The van der Waals surface area contributed by atoms with Crippen LogP contribution in [0.5, 0.6) is 0 Å². The zero-order valence-corrected chi connectivity index (χ0v) is 18.2. The van der Waals surface area contributed by atoms with Gasteiger partial charge in [0.1, 0.15) is 0 Å². The lowest BCUT2D eigenvalue weighted by molar-refractivity contribution is -0.133. The van der Waals surface area contributed by atoms with E-state index in [1.807, 2.05) is 11.4 Å². The minimum Gasteiger partial charge on any atom is -0.378 e. The largest absolute Gasteiger partial charge is 0.378 e. The SMILES string of the molecule is CCC[C@H]1CCc2nc(NC(=O)[C@](C)(O)Cn3ccc4sccc4c3=O)sc2C1. The number of amides is 1. The number of nitrogens with one attached hydrogen (secondary N) is 1. The summed E-state index contributed by atoms with van der Waals surface area (Å²) in [5, 5.41) is 16.5. The van der Waals surface area contributed by atoms with Gasteiger partial charge >= 0.3 is 0 Å². The summed E-state index contributed by atoms with van der Waals surface area (Å²) in [5.41, 5.74) is -0.871. The molecule has 0 saturated carbocycles. The number of nitrogens with zero attached hydrogens (tertiary/aromatic N) is 2. The van der Waals surface area contributed by atoms with Crippen LogP contribution in [-0.4, -0.2) is 26.2 Å². The molecule has 0 bridgehead atoms. The third-order valence-corrected chi connectivity index (χ3v) is 7.44. The molecule has 1 aliphatic carbocycles. The molecule has 1 amide bonds. The summed E-state index contributed by atoms with van der Waals surface area (Å²) < 4.78 is 2.28. The van der Waals surface area contributed by atoms with Gasteiger partial charge in [-0.1, -0.05) is 19.8 Å². The maximum atomic E-state index is 12.7. The quantitative estimate of drug-likeness (QED) is 0.622. The number of carbonyl (C=O) groups is 1. The van der Waals surface area contributed by atoms with Crippen molar-refractivity contribution in [1.82, 2.24) is 9.55 Å². The highest BCUT2D eigenvalue weighted by atomic mass is 32.1. The van der Waals surface area contributed by atoms with Gasteiger partial charge in [-0.3, -0.25) is 14.9 Å². The number of rotatable bonds is 6. The van der Waals surface area contributed by atoms with E-state index in [-0.39, 0.29) is 12.1 Å². The summed E-state index contributed by atoms with van der Waals surface area (Å²) in [6.07, 6.45) is 7.13. The van der Waals surface area contributed by atoms with Crippen LogP contribution in [0, 0.1) is 5.92 Å². The second-order valence-corrected chi connectivity index (χ2v) is 9.99. The first-order valence-corrected chi connectivity index (χ1v) is 11.7. The topological polar surface area (TPSA) is 84.2 Å². The molecule has 2 N–H and O–H groups in total. The zero-order valence-electron chi connectivity index (χ0n) is 16.6. The lowest BCUT2D eigenvalue weighted by Gasteiger charge is -2.22. The number of hydrogen-bond donors (Lipinski definition) is 2. The van der Waals surface area contributed by atoms with Crippen molar-refractivity contribution >= 4 is 43.8 Å². The van der Waals surface area contributed by atoms with E-state index < -0.39 is 11.5 Å². The molecule has 8 heteroatoms. The average Bonchev–Trinajstić information content (AvgIpc) is 3.30. The van der Waals surface area contributed by atoms with Gasteiger partial charge in [0.25, 0.3) is 11.5 Å². The van der Waals surface area contributed by atoms with Gasteiger partial charge in [0.05, 0.1) is 17.6 Å². The van der Waals surface area contributed by atoms with Crippen molar-refractivity contribution in [2.24, 2.45) is 5.92 Å². The molecule has 3 aromatic rings. The summed E-state index contributed by atoms with van der Waals surface area (Å²) in [5.74, 6) is 0.143. The predicted molar refractivity (Wildman–Crippen MR) is 118 cm³/mol. The second kappa shape index (κ2) is 8.01. The predicted octanol–water partition coefficient (Wildman–Crippen LogP) is 3.81. The van der Waals surface area contributed by atoms with Crippen LogP contribution < -0.4 is 10.9 Å². The number of anilines is 1. The average molecular weight is 432 g/mol. The summed E-state index contributed by atoms with van der Waals surface area (Å²) in [7, 11) is 0. The summed E-state index contributed by atoms with van der Waals surface area (Å²) in [6, 6.07) is 3.59. The fourth-order valence-electron chi connectivity index (χ4n) is 3.92. The highest BCUT2D eigenvalue weighted by Crippen LogP contribution is 2.34. The van der Waals surface area contributed by atoms with Gasteiger partial charge in [0.15, 0.2) is 10.7 Å². The normalized spacial score (nSPS) is 18.4. The highest BCUT2D eigenvalue weighted by molar-refractivity contribution is 7.17. The number of aliphatic hydroxyl groups is 1. The van der Waals surface area contributed by atoms with E-state index in [9.17, 15) is 14.7 Å². The molecule has 3 heterocycles. The van der Waals surface area contributed by atoms with Gasteiger partial charge in [-0.05, 0) is 49.6 Å². The monoisotopic (exact) mass is 431 g/mol. The Kier molecular flexibility index (Phi) is 5.59. The Hall–Kier alpha value is -2.03. The van der Waals surface area contributed by atoms with E-state index in [2.05, 4.69) is 17.2 Å². The smallest absolute Gasteiger partial charge is 0.259 e. The molecule has 0 aromatic carbocycles. The molecule has 6 nitrogen and oxygen atoms in total. The minimum atomic E-state index is -1.73. The molecule has 4 rings (SSSR count). The summed E-state index contributed by atoms with van der Waals surface area (Å²) >= 11 is 2.99. The van der Waals surface area contributed by atoms with E-state index >= 15 is 0 Å². The van der Waals surface area contributed by atoms with E-state index in [4.69, 9.17) is 0 Å². The molecule has 0 saturated heterocycles. The van der Waals surface area contributed by atoms with Gasteiger partial charge in [0, 0.05) is 15.8 Å². The molecular formula is C21H25N3O3S2. The molecule has 0 spiro atoms. The number of thiophene rings is 1. The molecule has 0 fully saturated rings. The van der Waals surface area contributed by atoms with Crippen LogP contribution in [-0.2, 0) is 24.2 Å². The van der Waals surface area contributed by atoms with Crippen molar-refractivity contribution in [3.63, 3.8) is 0 Å². The number of carbonyl (C=O) groups excluding carboxylic acids is 1. The maximum Gasteiger partial charge on any atom is 0.259 e. The van der Waals surface area contributed by atoms with E-state index in [1.165, 1.54) is 51.9 Å². The Morgan fingerprint density at radius 3 is 3.07 bits per heavy atom. The van der Waals surface area contributed by atoms with Crippen LogP contribution >= 0.6 is 22.7 Å². The molecule has 1 aliphatic rings. The first-order chi connectivity index (χ1) is 13.9. The van der Waals surface area contributed by atoms with Crippen molar-refractivity contribution in [3.05, 3.63) is 44.6 Å². The molecule has 3 aromatic heterocycles. The molecule has 29 heavy (non-hydrogen) atoms. The van der Waals surface area contributed by atoms with Gasteiger partial charge in [-0.2, -0.15) is 0 Å². The number of fused-ring (bicyclic) bond motifs is 2. The molecular weight excluding hydrogens is 406 g/mol. The van der Waals surface area contributed by atoms with Gasteiger partial charge in [0.2, 0.25) is 0 Å². The Morgan fingerprint density at radius 2 is 2.28 bits per heavy atom. The Labute approximate surface area is 177 Å². The highest BCUT2D eigenvalue weighted by Gasteiger charge is 2.33. The fourth-order valence-corrected chi connectivity index (χ4v) is 5.81. The number of aryl methyl sites for hydroxylation is 1. The number of aromatic nitrogens is 2. The van der Waals surface area contributed by atoms with Gasteiger partial charge in [-0.15, -0.1) is 22.7 Å². The Bertz CT molecular complexity index is 1100. The third kappa shape index (κ3) is 4.15. The lowest BCUT2D eigenvalue weighted by Crippen LogP contribution is -2.45. The first-order valence-electron chi connectivity index (χ1n) is 9.96. The van der Waals surface area contributed by atoms with Crippen molar-refractivity contribution in [2.45, 2.75) is 58.1 Å². The van der Waals surface area contributed by atoms with E-state index in [1.54, 1.807) is 12.3 Å². The molecule has 154 valence electrons. The van der Waals surface area contributed by atoms with Crippen LogP contribution in [0.3, 0.4) is 0 Å². The Morgan fingerprint density at radius 1 is 1.45 bits per heavy atom. The second-order valence-electron chi connectivity index (χ2n) is 7.96.